The number of urea groups is 1. The third-order valence-corrected chi connectivity index (χ3v) is 4.48. The number of nitrogens with zero attached hydrogens (tertiary/aromatic N) is 1. The van der Waals surface area contributed by atoms with E-state index in [2.05, 4.69) is 20.9 Å². The zero-order valence-electron chi connectivity index (χ0n) is 13.3. The molecule has 0 unspecified atom stereocenters. The first kappa shape index (κ1) is 17.2. The fraction of sp³-hybridized carbons (Fsp3) is 0.118. The lowest BCUT2D eigenvalue weighted by Gasteiger charge is -2.05. The van der Waals surface area contributed by atoms with Crippen molar-refractivity contribution in [3.63, 3.8) is 0 Å². The first-order chi connectivity index (χ1) is 12.0. The van der Waals surface area contributed by atoms with Gasteiger partial charge < -0.3 is 10.6 Å². The SMILES string of the molecule is CC(=O)Nc1ccc2nc(NC(=O)NCc3ccc(Cl)cc3)sc2c1. The number of carbonyl (C=O) groups excluding carboxylic acids is 2. The molecule has 128 valence electrons. The van der Waals surface area contributed by atoms with Crippen molar-refractivity contribution in [2.24, 2.45) is 0 Å². The molecule has 0 radical (unpaired) electrons. The Labute approximate surface area is 153 Å². The van der Waals surface area contributed by atoms with Gasteiger partial charge in [0.2, 0.25) is 5.91 Å². The second kappa shape index (κ2) is 7.50. The van der Waals surface area contributed by atoms with E-state index in [1.54, 1.807) is 24.3 Å². The highest BCUT2D eigenvalue weighted by molar-refractivity contribution is 7.22. The Morgan fingerprint density at radius 2 is 1.88 bits per heavy atom. The number of benzene rings is 2. The van der Waals surface area contributed by atoms with Crippen molar-refractivity contribution in [1.29, 1.82) is 0 Å². The Bertz CT molecular complexity index is 924. The monoisotopic (exact) mass is 374 g/mol. The van der Waals surface area contributed by atoms with Crippen molar-refractivity contribution in [2.45, 2.75) is 13.5 Å². The van der Waals surface area contributed by atoms with Crippen LogP contribution in [0.15, 0.2) is 42.5 Å². The van der Waals surface area contributed by atoms with Gasteiger partial charge in [-0.2, -0.15) is 0 Å². The average molecular weight is 375 g/mol. The van der Waals surface area contributed by atoms with Gasteiger partial charge in [0, 0.05) is 24.2 Å². The minimum absolute atomic E-state index is 0.135. The molecule has 25 heavy (non-hydrogen) atoms. The van der Waals surface area contributed by atoms with Gasteiger partial charge in [0.1, 0.15) is 0 Å². The first-order valence-corrected chi connectivity index (χ1v) is 8.66. The van der Waals surface area contributed by atoms with Gasteiger partial charge in [0.25, 0.3) is 0 Å². The number of aromatic nitrogens is 1. The fourth-order valence-corrected chi connectivity index (χ4v) is 3.21. The number of rotatable bonds is 4. The maximum absolute atomic E-state index is 12.0. The summed E-state index contributed by atoms with van der Waals surface area (Å²) in [6.45, 7) is 1.84. The Morgan fingerprint density at radius 1 is 1.12 bits per heavy atom. The summed E-state index contributed by atoms with van der Waals surface area (Å²) in [5.74, 6) is -0.135. The molecule has 1 aromatic heterocycles. The number of carbonyl (C=O) groups is 2. The lowest BCUT2D eigenvalue weighted by atomic mass is 10.2. The maximum Gasteiger partial charge on any atom is 0.321 e. The van der Waals surface area contributed by atoms with Crippen LogP contribution >= 0.6 is 22.9 Å². The Kier molecular flexibility index (Phi) is 5.16. The third kappa shape index (κ3) is 4.68. The van der Waals surface area contributed by atoms with Crippen molar-refractivity contribution in [1.82, 2.24) is 10.3 Å². The molecule has 3 amide bonds. The maximum atomic E-state index is 12.0. The summed E-state index contributed by atoms with van der Waals surface area (Å²) in [6, 6.07) is 12.3. The van der Waals surface area contributed by atoms with E-state index in [-0.39, 0.29) is 11.9 Å². The Balaban J connectivity index is 1.62. The van der Waals surface area contributed by atoms with E-state index in [1.807, 2.05) is 18.2 Å². The molecule has 3 rings (SSSR count). The fourth-order valence-electron chi connectivity index (χ4n) is 2.19. The first-order valence-electron chi connectivity index (χ1n) is 7.47. The van der Waals surface area contributed by atoms with E-state index >= 15 is 0 Å². The van der Waals surface area contributed by atoms with E-state index in [4.69, 9.17) is 11.6 Å². The van der Waals surface area contributed by atoms with Crippen molar-refractivity contribution in [3.05, 3.63) is 53.1 Å². The van der Waals surface area contributed by atoms with Crippen molar-refractivity contribution < 1.29 is 9.59 Å². The molecule has 3 aromatic rings. The van der Waals surface area contributed by atoms with E-state index in [0.717, 1.165) is 15.8 Å². The van der Waals surface area contributed by atoms with Crippen molar-refractivity contribution in [3.8, 4) is 0 Å². The zero-order valence-corrected chi connectivity index (χ0v) is 14.9. The summed E-state index contributed by atoms with van der Waals surface area (Å²) in [6.07, 6.45) is 0. The standard InChI is InChI=1S/C17H15ClN4O2S/c1-10(23)20-13-6-7-14-15(8-13)25-17(21-14)22-16(24)19-9-11-2-4-12(18)5-3-11/h2-8H,9H2,1H3,(H,20,23)(H2,19,21,22,24). The lowest BCUT2D eigenvalue weighted by Crippen LogP contribution is -2.28. The van der Waals surface area contributed by atoms with Crippen LogP contribution in [0.3, 0.4) is 0 Å². The van der Waals surface area contributed by atoms with Gasteiger partial charge in [-0.15, -0.1) is 0 Å². The molecule has 0 saturated heterocycles. The highest BCUT2D eigenvalue weighted by Gasteiger charge is 2.08. The van der Waals surface area contributed by atoms with Crippen LogP contribution in [0.5, 0.6) is 0 Å². The zero-order chi connectivity index (χ0) is 17.8. The van der Waals surface area contributed by atoms with Crippen molar-refractivity contribution in [2.75, 3.05) is 10.6 Å². The highest BCUT2D eigenvalue weighted by Crippen LogP contribution is 2.28. The predicted octanol–water partition coefficient (Wildman–Crippen LogP) is 4.23. The molecule has 0 aliphatic carbocycles. The highest BCUT2D eigenvalue weighted by atomic mass is 35.5. The molecular formula is C17H15ClN4O2S. The van der Waals surface area contributed by atoms with Crippen LogP contribution in [0.25, 0.3) is 10.2 Å². The summed E-state index contributed by atoms with van der Waals surface area (Å²) in [5, 5.41) is 9.35. The lowest BCUT2D eigenvalue weighted by molar-refractivity contribution is -0.114. The number of hydrogen-bond donors (Lipinski definition) is 3. The van der Waals surface area contributed by atoms with Gasteiger partial charge in [-0.05, 0) is 35.9 Å². The number of hydrogen-bond acceptors (Lipinski definition) is 4. The number of anilines is 2. The van der Waals surface area contributed by atoms with Crippen LogP contribution in [-0.4, -0.2) is 16.9 Å². The van der Waals surface area contributed by atoms with Crippen LogP contribution in [0.4, 0.5) is 15.6 Å². The molecular weight excluding hydrogens is 360 g/mol. The number of nitrogens with one attached hydrogen (secondary N) is 3. The minimum atomic E-state index is -0.337. The summed E-state index contributed by atoms with van der Waals surface area (Å²) in [7, 11) is 0. The molecule has 0 atom stereocenters. The van der Waals surface area contributed by atoms with Gasteiger partial charge in [0.05, 0.1) is 10.2 Å². The molecule has 0 bridgehead atoms. The smallest absolute Gasteiger partial charge is 0.321 e. The largest absolute Gasteiger partial charge is 0.334 e. The normalized spacial score (nSPS) is 10.5. The molecule has 1 heterocycles. The minimum Gasteiger partial charge on any atom is -0.334 e. The molecule has 0 spiro atoms. The van der Waals surface area contributed by atoms with Crippen LogP contribution < -0.4 is 16.0 Å². The van der Waals surface area contributed by atoms with Gasteiger partial charge in [-0.1, -0.05) is 35.1 Å². The van der Waals surface area contributed by atoms with Gasteiger partial charge in [-0.25, -0.2) is 9.78 Å². The molecule has 3 N–H and O–H groups in total. The Morgan fingerprint density at radius 3 is 2.60 bits per heavy atom. The van der Waals surface area contributed by atoms with Crippen molar-refractivity contribution >= 4 is 55.9 Å². The molecule has 8 heteroatoms. The molecule has 0 aliphatic rings. The van der Waals surface area contributed by atoms with E-state index in [1.165, 1.54) is 18.3 Å². The number of thiazole rings is 1. The summed E-state index contributed by atoms with van der Waals surface area (Å²) >= 11 is 7.17. The van der Waals surface area contributed by atoms with Gasteiger partial charge >= 0.3 is 6.03 Å². The molecule has 2 aromatic carbocycles. The predicted molar refractivity (Wildman–Crippen MR) is 101 cm³/mol. The summed E-state index contributed by atoms with van der Waals surface area (Å²) in [4.78, 5) is 27.5. The van der Waals surface area contributed by atoms with Crippen LogP contribution in [0.2, 0.25) is 5.02 Å². The second-order valence-electron chi connectivity index (χ2n) is 5.32. The summed E-state index contributed by atoms with van der Waals surface area (Å²) < 4.78 is 0.874. The molecule has 0 fully saturated rings. The summed E-state index contributed by atoms with van der Waals surface area (Å²) in [5.41, 5.74) is 2.40. The number of halogens is 1. The van der Waals surface area contributed by atoms with Crippen LogP contribution in [0.1, 0.15) is 12.5 Å². The number of fused-ring (bicyclic) bond motifs is 1. The van der Waals surface area contributed by atoms with Crippen LogP contribution in [-0.2, 0) is 11.3 Å². The Hall–Kier alpha value is -2.64. The van der Waals surface area contributed by atoms with Crippen LogP contribution in [0, 0.1) is 0 Å². The third-order valence-electron chi connectivity index (χ3n) is 3.30. The molecule has 6 nitrogen and oxygen atoms in total. The van der Waals surface area contributed by atoms with E-state index in [0.29, 0.717) is 22.4 Å². The average Bonchev–Trinajstić information content (AvgIpc) is 2.95. The van der Waals surface area contributed by atoms with Gasteiger partial charge in [0.15, 0.2) is 5.13 Å². The quantitative estimate of drug-likeness (QED) is 0.639. The molecule has 0 aliphatic heterocycles. The number of amides is 3. The topological polar surface area (TPSA) is 83.1 Å². The van der Waals surface area contributed by atoms with Gasteiger partial charge in [-0.3, -0.25) is 10.1 Å². The van der Waals surface area contributed by atoms with E-state index < -0.39 is 0 Å². The van der Waals surface area contributed by atoms with E-state index in [9.17, 15) is 9.59 Å². The molecule has 0 saturated carbocycles. The second-order valence-corrected chi connectivity index (χ2v) is 6.78.